The summed E-state index contributed by atoms with van der Waals surface area (Å²) in [5.41, 5.74) is 3.04. The van der Waals surface area contributed by atoms with Crippen LogP contribution in [0.5, 0.6) is 0 Å². The van der Waals surface area contributed by atoms with E-state index in [9.17, 15) is 4.39 Å². The molecule has 1 fully saturated rings. The van der Waals surface area contributed by atoms with Crippen LogP contribution in [0.15, 0.2) is 31.4 Å². The average Bonchev–Trinajstić information content (AvgIpc) is 3.16. The Labute approximate surface area is 163 Å². The monoisotopic (exact) mass is 381 g/mol. The number of fused-ring (bicyclic) bond motifs is 1. The fourth-order valence-electron chi connectivity index (χ4n) is 3.56. The summed E-state index contributed by atoms with van der Waals surface area (Å²) in [6.45, 7) is 9.17. The highest BCUT2D eigenvalue weighted by atomic mass is 19.1. The van der Waals surface area contributed by atoms with E-state index in [0.717, 1.165) is 30.9 Å². The summed E-state index contributed by atoms with van der Waals surface area (Å²) in [6.07, 6.45) is 7.15. The molecule has 0 radical (unpaired) electrons. The number of nitrogens with zero attached hydrogens (tertiary/aromatic N) is 6. The Morgan fingerprint density at radius 3 is 2.86 bits per heavy atom. The standard InChI is InChI=1S/C20H24FN7/c1-13(16-8-18(21)19-24-12-25-28(19)11-16)17-10-23-20(26-14(17)2)22-9-15-4-6-27(3)7-5-15/h8,10-12,15H,1,4-7,9H2,2-3H3,(H,22,23,26). The highest BCUT2D eigenvalue weighted by Gasteiger charge is 2.17. The number of piperidine rings is 1. The second-order valence-electron chi connectivity index (χ2n) is 7.40. The number of anilines is 1. The van der Waals surface area contributed by atoms with Crippen molar-refractivity contribution in [2.75, 3.05) is 32.0 Å². The van der Waals surface area contributed by atoms with E-state index in [-0.39, 0.29) is 5.65 Å². The van der Waals surface area contributed by atoms with E-state index in [1.807, 2.05) is 6.92 Å². The molecule has 0 saturated carbocycles. The van der Waals surface area contributed by atoms with E-state index < -0.39 is 5.82 Å². The summed E-state index contributed by atoms with van der Waals surface area (Å²) in [7, 11) is 2.16. The molecular weight excluding hydrogens is 357 g/mol. The van der Waals surface area contributed by atoms with Crippen LogP contribution in [-0.2, 0) is 0 Å². The van der Waals surface area contributed by atoms with E-state index >= 15 is 0 Å². The first kappa shape index (κ1) is 18.5. The molecule has 1 aliphatic heterocycles. The van der Waals surface area contributed by atoms with Gasteiger partial charge in [-0.15, -0.1) is 0 Å². The lowest BCUT2D eigenvalue weighted by atomic mass is 9.97. The molecule has 3 aromatic rings. The quantitative estimate of drug-likeness (QED) is 0.733. The van der Waals surface area contributed by atoms with E-state index in [1.54, 1.807) is 12.4 Å². The number of pyridine rings is 1. The number of hydrogen-bond acceptors (Lipinski definition) is 6. The predicted molar refractivity (Wildman–Crippen MR) is 107 cm³/mol. The van der Waals surface area contributed by atoms with Crippen LogP contribution >= 0.6 is 0 Å². The molecule has 0 amide bonds. The van der Waals surface area contributed by atoms with Crippen LogP contribution in [-0.4, -0.2) is 56.1 Å². The SMILES string of the molecule is C=C(c1cc(F)c2ncnn2c1)c1cnc(NCC2CCN(C)CC2)nc1C. The maximum Gasteiger partial charge on any atom is 0.222 e. The zero-order valence-electron chi connectivity index (χ0n) is 16.2. The number of halogens is 1. The Morgan fingerprint density at radius 1 is 1.32 bits per heavy atom. The van der Waals surface area contributed by atoms with Crippen LogP contribution in [0, 0.1) is 18.7 Å². The molecule has 3 aromatic heterocycles. The molecule has 28 heavy (non-hydrogen) atoms. The lowest BCUT2D eigenvalue weighted by Gasteiger charge is -2.28. The second-order valence-corrected chi connectivity index (χ2v) is 7.40. The summed E-state index contributed by atoms with van der Waals surface area (Å²) in [5.74, 6) is 0.823. The Morgan fingerprint density at radius 2 is 2.11 bits per heavy atom. The van der Waals surface area contributed by atoms with Crippen molar-refractivity contribution >= 4 is 17.2 Å². The van der Waals surface area contributed by atoms with Crippen LogP contribution in [0.4, 0.5) is 10.3 Å². The van der Waals surface area contributed by atoms with Crippen LogP contribution in [0.3, 0.4) is 0 Å². The van der Waals surface area contributed by atoms with Crippen LogP contribution < -0.4 is 5.32 Å². The first-order valence-electron chi connectivity index (χ1n) is 9.46. The lowest BCUT2D eigenvalue weighted by Crippen LogP contribution is -2.33. The summed E-state index contributed by atoms with van der Waals surface area (Å²) >= 11 is 0. The van der Waals surface area contributed by atoms with Crippen molar-refractivity contribution < 1.29 is 4.39 Å². The van der Waals surface area contributed by atoms with Gasteiger partial charge >= 0.3 is 0 Å². The average molecular weight is 381 g/mol. The zero-order chi connectivity index (χ0) is 19.7. The van der Waals surface area contributed by atoms with Gasteiger partial charge in [0.1, 0.15) is 6.33 Å². The fraction of sp³-hybridized carbons (Fsp3) is 0.400. The Balaban J connectivity index is 1.48. The molecule has 146 valence electrons. The van der Waals surface area contributed by atoms with Crippen LogP contribution in [0.1, 0.15) is 29.7 Å². The van der Waals surface area contributed by atoms with Gasteiger partial charge in [-0.25, -0.2) is 23.9 Å². The van der Waals surface area contributed by atoms with Gasteiger partial charge in [0.15, 0.2) is 11.5 Å². The smallest absolute Gasteiger partial charge is 0.222 e. The normalized spacial score (nSPS) is 15.8. The van der Waals surface area contributed by atoms with Crippen molar-refractivity contribution in [3.05, 3.63) is 54.0 Å². The third-order valence-corrected chi connectivity index (χ3v) is 5.37. The molecule has 1 saturated heterocycles. The number of aryl methyl sites for hydroxylation is 1. The molecule has 0 aromatic carbocycles. The molecule has 4 rings (SSSR count). The van der Waals surface area contributed by atoms with Gasteiger partial charge in [-0.3, -0.25) is 0 Å². The molecule has 8 heteroatoms. The molecule has 0 unspecified atom stereocenters. The summed E-state index contributed by atoms with van der Waals surface area (Å²) in [4.78, 5) is 15.3. The zero-order valence-corrected chi connectivity index (χ0v) is 16.2. The third kappa shape index (κ3) is 3.73. The Kier molecular flexibility index (Phi) is 5.04. The first-order valence-corrected chi connectivity index (χ1v) is 9.46. The molecule has 0 spiro atoms. The minimum Gasteiger partial charge on any atom is -0.354 e. The van der Waals surface area contributed by atoms with Crippen molar-refractivity contribution in [2.24, 2.45) is 5.92 Å². The minimum atomic E-state index is -0.439. The molecule has 1 N–H and O–H groups in total. The van der Waals surface area contributed by atoms with Gasteiger partial charge in [-0.05, 0) is 57.5 Å². The largest absolute Gasteiger partial charge is 0.354 e. The second kappa shape index (κ2) is 7.63. The number of aromatic nitrogens is 5. The van der Waals surface area contributed by atoms with Gasteiger partial charge in [0, 0.05) is 30.1 Å². The summed E-state index contributed by atoms with van der Waals surface area (Å²) < 4.78 is 15.6. The highest BCUT2D eigenvalue weighted by molar-refractivity contribution is 5.79. The fourth-order valence-corrected chi connectivity index (χ4v) is 3.56. The minimum absolute atomic E-state index is 0.193. The third-order valence-electron chi connectivity index (χ3n) is 5.37. The van der Waals surface area contributed by atoms with Crippen molar-refractivity contribution in [2.45, 2.75) is 19.8 Å². The van der Waals surface area contributed by atoms with E-state index in [1.165, 1.54) is 29.8 Å². The van der Waals surface area contributed by atoms with Gasteiger partial charge in [-0.1, -0.05) is 6.58 Å². The number of nitrogens with one attached hydrogen (secondary N) is 1. The van der Waals surface area contributed by atoms with Gasteiger partial charge in [0.05, 0.1) is 5.69 Å². The number of hydrogen-bond donors (Lipinski definition) is 1. The van der Waals surface area contributed by atoms with E-state index in [4.69, 9.17) is 0 Å². The lowest BCUT2D eigenvalue weighted by molar-refractivity contribution is 0.226. The topological polar surface area (TPSA) is 71.2 Å². The number of likely N-dealkylation sites (tertiary alicyclic amines) is 1. The highest BCUT2D eigenvalue weighted by Crippen LogP contribution is 2.25. The van der Waals surface area contributed by atoms with E-state index in [2.05, 4.69) is 43.9 Å². The maximum atomic E-state index is 14.2. The van der Waals surface area contributed by atoms with Crippen molar-refractivity contribution in [1.29, 1.82) is 0 Å². The molecule has 0 bridgehead atoms. The van der Waals surface area contributed by atoms with Gasteiger partial charge < -0.3 is 10.2 Å². The molecule has 0 atom stereocenters. The van der Waals surface area contributed by atoms with Crippen molar-refractivity contribution in [3.63, 3.8) is 0 Å². The Bertz CT molecular complexity index is 1000. The number of rotatable bonds is 5. The Hall–Kier alpha value is -2.87. The van der Waals surface area contributed by atoms with Gasteiger partial charge in [0.2, 0.25) is 5.95 Å². The van der Waals surface area contributed by atoms with Crippen LogP contribution in [0.25, 0.3) is 11.2 Å². The first-order chi connectivity index (χ1) is 13.5. The van der Waals surface area contributed by atoms with Gasteiger partial charge in [0.25, 0.3) is 0 Å². The maximum absolute atomic E-state index is 14.2. The van der Waals surface area contributed by atoms with Crippen molar-refractivity contribution in [1.82, 2.24) is 29.5 Å². The molecule has 4 heterocycles. The van der Waals surface area contributed by atoms with Crippen LogP contribution in [0.2, 0.25) is 0 Å². The molecule has 7 nitrogen and oxygen atoms in total. The predicted octanol–water partition coefficient (Wildman–Crippen LogP) is 2.78. The van der Waals surface area contributed by atoms with Crippen molar-refractivity contribution in [3.8, 4) is 0 Å². The molecule has 0 aliphatic carbocycles. The summed E-state index contributed by atoms with van der Waals surface area (Å²) in [6, 6.07) is 1.41. The molecule has 1 aliphatic rings. The molecular formula is C20H24FN7. The van der Waals surface area contributed by atoms with E-state index in [0.29, 0.717) is 23.0 Å². The van der Waals surface area contributed by atoms with Gasteiger partial charge in [-0.2, -0.15) is 5.10 Å². The summed E-state index contributed by atoms with van der Waals surface area (Å²) in [5, 5.41) is 7.36.